The van der Waals surface area contributed by atoms with Gasteiger partial charge in [-0.25, -0.2) is 0 Å². The summed E-state index contributed by atoms with van der Waals surface area (Å²) in [7, 11) is 0. The van der Waals surface area contributed by atoms with E-state index < -0.39 is 22.9 Å². The van der Waals surface area contributed by atoms with E-state index in [1.165, 1.54) is 29.2 Å². The second-order valence-electron chi connectivity index (χ2n) is 5.35. The predicted octanol–water partition coefficient (Wildman–Crippen LogP) is 3.70. The van der Waals surface area contributed by atoms with Crippen molar-refractivity contribution >= 4 is 17.3 Å². The van der Waals surface area contributed by atoms with Gasteiger partial charge in [0.05, 0.1) is 10.6 Å². The lowest BCUT2D eigenvalue weighted by molar-refractivity contribution is -0.384. The minimum atomic E-state index is -4.81. The Morgan fingerprint density at radius 1 is 1.16 bits per heavy atom. The van der Waals surface area contributed by atoms with E-state index in [2.05, 4.69) is 4.74 Å². The Labute approximate surface area is 139 Å². The molecule has 0 aliphatic carbocycles. The van der Waals surface area contributed by atoms with E-state index in [1.807, 2.05) is 0 Å². The number of rotatable bonds is 3. The Hall–Kier alpha value is -3.10. The monoisotopic (exact) mass is 352 g/mol. The summed E-state index contributed by atoms with van der Waals surface area (Å²) < 4.78 is 40.2. The molecule has 2 aromatic rings. The molecule has 25 heavy (non-hydrogen) atoms. The molecule has 0 saturated carbocycles. The van der Waals surface area contributed by atoms with Crippen LogP contribution in [0, 0.1) is 10.1 Å². The van der Waals surface area contributed by atoms with Crippen molar-refractivity contribution < 1.29 is 27.6 Å². The lowest BCUT2D eigenvalue weighted by Crippen LogP contribution is -2.28. The average Bonchev–Trinajstić information content (AvgIpc) is 2.96. The lowest BCUT2D eigenvalue weighted by atomic mass is 10.1. The number of amides is 1. The summed E-state index contributed by atoms with van der Waals surface area (Å²) in [5.41, 5.74) is 1.27. The Balaban J connectivity index is 1.84. The molecule has 0 unspecified atom stereocenters. The quantitative estimate of drug-likeness (QED) is 0.624. The first kappa shape index (κ1) is 16.7. The molecule has 1 aliphatic rings. The van der Waals surface area contributed by atoms with E-state index in [9.17, 15) is 28.1 Å². The molecule has 2 aromatic carbocycles. The molecule has 0 radical (unpaired) electrons. The number of nitro groups is 1. The normalized spacial score (nSPS) is 13.5. The summed E-state index contributed by atoms with van der Waals surface area (Å²) in [6, 6.07) is 8.83. The number of fused-ring (bicyclic) bond motifs is 1. The van der Waals surface area contributed by atoms with Gasteiger partial charge in [-0.2, -0.15) is 0 Å². The molecule has 1 heterocycles. The highest BCUT2D eigenvalue weighted by Gasteiger charge is 2.31. The highest BCUT2D eigenvalue weighted by Crippen LogP contribution is 2.33. The van der Waals surface area contributed by atoms with Crippen molar-refractivity contribution in [1.82, 2.24) is 0 Å². The van der Waals surface area contributed by atoms with Crippen LogP contribution in [0.25, 0.3) is 0 Å². The van der Waals surface area contributed by atoms with Crippen LogP contribution in [0.1, 0.15) is 15.9 Å². The van der Waals surface area contributed by atoms with Crippen LogP contribution in [-0.4, -0.2) is 23.7 Å². The lowest BCUT2D eigenvalue weighted by Gasteiger charge is -2.17. The molecule has 0 spiro atoms. The van der Waals surface area contributed by atoms with Crippen molar-refractivity contribution in [2.24, 2.45) is 0 Å². The summed E-state index contributed by atoms with van der Waals surface area (Å²) in [6.07, 6.45) is -4.26. The van der Waals surface area contributed by atoms with Gasteiger partial charge in [0.15, 0.2) is 0 Å². The van der Waals surface area contributed by atoms with Crippen molar-refractivity contribution in [3.8, 4) is 5.75 Å². The first-order chi connectivity index (χ1) is 11.7. The minimum Gasteiger partial charge on any atom is -0.406 e. The molecule has 0 aromatic heterocycles. The average molecular weight is 352 g/mol. The van der Waals surface area contributed by atoms with Gasteiger partial charge in [-0.15, -0.1) is 13.2 Å². The highest BCUT2D eigenvalue weighted by molar-refractivity contribution is 6.07. The van der Waals surface area contributed by atoms with Crippen molar-refractivity contribution in [2.45, 2.75) is 12.8 Å². The molecule has 0 N–H and O–H groups in total. The molecular formula is C16H11F3N2O4. The van der Waals surface area contributed by atoms with E-state index >= 15 is 0 Å². The van der Waals surface area contributed by atoms with Crippen molar-refractivity contribution in [1.29, 1.82) is 0 Å². The van der Waals surface area contributed by atoms with Crippen molar-refractivity contribution in [3.63, 3.8) is 0 Å². The van der Waals surface area contributed by atoms with Gasteiger partial charge in [-0.1, -0.05) is 6.07 Å². The number of halogens is 3. The van der Waals surface area contributed by atoms with Gasteiger partial charge >= 0.3 is 6.36 Å². The van der Waals surface area contributed by atoms with Crippen LogP contribution in [0.3, 0.4) is 0 Å². The zero-order chi connectivity index (χ0) is 18.2. The molecule has 130 valence electrons. The first-order valence-corrected chi connectivity index (χ1v) is 7.19. The SMILES string of the molecule is O=C(c1ccc(OC(F)(F)F)cc1)N1CCc2ccc([N+](=O)[O-])cc21. The van der Waals surface area contributed by atoms with Crippen LogP contribution in [0.4, 0.5) is 24.5 Å². The van der Waals surface area contributed by atoms with Gasteiger partial charge in [-0.05, 0) is 36.2 Å². The number of non-ortho nitro benzene ring substituents is 1. The van der Waals surface area contributed by atoms with Crippen LogP contribution in [0.15, 0.2) is 42.5 Å². The van der Waals surface area contributed by atoms with Gasteiger partial charge in [0.2, 0.25) is 0 Å². The van der Waals surface area contributed by atoms with Crippen LogP contribution in [-0.2, 0) is 6.42 Å². The van der Waals surface area contributed by atoms with Crippen LogP contribution >= 0.6 is 0 Å². The van der Waals surface area contributed by atoms with Crippen LogP contribution in [0.5, 0.6) is 5.75 Å². The van der Waals surface area contributed by atoms with Crippen LogP contribution in [0.2, 0.25) is 0 Å². The number of hydrogen-bond donors (Lipinski definition) is 0. The number of anilines is 1. The van der Waals surface area contributed by atoms with Gasteiger partial charge < -0.3 is 9.64 Å². The van der Waals surface area contributed by atoms with E-state index in [0.29, 0.717) is 18.7 Å². The fourth-order valence-electron chi connectivity index (χ4n) is 2.65. The third kappa shape index (κ3) is 3.54. The molecule has 6 nitrogen and oxygen atoms in total. The van der Waals surface area contributed by atoms with Gasteiger partial charge in [0.25, 0.3) is 11.6 Å². The highest BCUT2D eigenvalue weighted by atomic mass is 19.4. The molecule has 0 atom stereocenters. The second-order valence-corrected chi connectivity index (χ2v) is 5.35. The van der Waals surface area contributed by atoms with Gasteiger partial charge in [0.1, 0.15) is 5.75 Å². The maximum absolute atomic E-state index is 12.6. The first-order valence-electron chi connectivity index (χ1n) is 7.19. The molecule has 0 bridgehead atoms. The van der Waals surface area contributed by atoms with E-state index in [1.54, 1.807) is 6.07 Å². The number of hydrogen-bond acceptors (Lipinski definition) is 4. The molecule has 0 fully saturated rings. The fourth-order valence-corrected chi connectivity index (χ4v) is 2.65. The molecule has 3 rings (SSSR count). The van der Waals surface area contributed by atoms with Gasteiger partial charge in [0, 0.05) is 24.2 Å². The fraction of sp³-hybridized carbons (Fsp3) is 0.188. The van der Waals surface area contributed by atoms with Crippen molar-refractivity contribution in [2.75, 3.05) is 11.4 Å². The smallest absolute Gasteiger partial charge is 0.406 e. The van der Waals surface area contributed by atoms with E-state index in [-0.39, 0.29) is 11.3 Å². The standard InChI is InChI=1S/C16H11F3N2O4/c17-16(18,19)25-13-5-2-11(3-6-13)15(22)20-8-7-10-1-4-12(21(23)24)9-14(10)20/h1-6,9H,7-8H2. The summed E-state index contributed by atoms with van der Waals surface area (Å²) in [4.78, 5) is 24.3. The molecule has 1 aliphatic heterocycles. The maximum Gasteiger partial charge on any atom is 0.573 e. The van der Waals surface area contributed by atoms with Gasteiger partial charge in [-0.3, -0.25) is 14.9 Å². The van der Waals surface area contributed by atoms with E-state index in [4.69, 9.17) is 0 Å². The Kier molecular flexibility index (Phi) is 4.07. The third-order valence-corrected chi connectivity index (χ3v) is 3.76. The number of ether oxygens (including phenoxy) is 1. The summed E-state index contributed by atoms with van der Waals surface area (Å²) in [5.74, 6) is -0.876. The number of nitro benzene ring substituents is 1. The molecular weight excluding hydrogens is 341 g/mol. The Morgan fingerprint density at radius 2 is 1.84 bits per heavy atom. The molecule has 9 heteroatoms. The van der Waals surface area contributed by atoms with Crippen LogP contribution < -0.4 is 9.64 Å². The number of nitrogens with zero attached hydrogens (tertiary/aromatic N) is 2. The topological polar surface area (TPSA) is 72.7 Å². The predicted molar refractivity (Wildman–Crippen MR) is 81.6 cm³/mol. The number of alkyl halides is 3. The minimum absolute atomic E-state index is 0.132. The number of carbonyl (C=O) groups is 1. The maximum atomic E-state index is 12.6. The summed E-state index contributed by atoms with van der Waals surface area (Å²) >= 11 is 0. The Bertz CT molecular complexity index is 834. The zero-order valence-electron chi connectivity index (χ0n) is 12.6. The summed E-state index contributed by atoms with van der Waals surface area (Å²) in [5, 5.41) is 10.9. The second kappa shape index (κ2) is 6.08. The number of carbonyl (C=O) groups excluding carboxylic acids is 1. The van der Waals surface area contributed by atoms with E-state index in [0.717, 1.165) is 17.7 Å². The largest absolute Gasteiger partial charge is 0.573 e. The Morgan fingerprint density at radius 3 is 2.44 bits per heavy atom. The third-order valence-electron chi connectivity index (χ3n) is 3.76. The molecule has 0 saturated heterocycles. The number of benzene rings is 2. The van der Waals surface area contributed by atoms with Crippen molar-refractivity contribution in [3.05, 3.63) is 63.7 Å². The zero-order valence-corrected chi connectivity index (χ0v) is 12.6. The molecule has 1 amide bonds. The summed E-state index contributed by atoms with van der Waals surface area (Å²) in [6.45, 7) is 0.343.